The second-order valence-electron chi connectivity index (χ2n) is 5.46. The lowest BCUT2D eigenvalue weighted by Crippen LogP contribution is -2.27. The maximum absolute atomic E-state index is 12.1. The van der Waals surface area contributed by atoms with Gasteiger partial charge in [-0.05, 0) is 35.9 Å². The number of amides is 1. The first-order valence-corrected chi connectivity index (χ1v) is 9.09. The zero-order valence-electron chi connectivity index (χ0n) is 14.0. The number of rotatable bonds is 7. The number of hydrogen-bond acceptors (Lipinski definition) is 4. The molecule has 0 bridgehead atoms. The molecule has 7 heteroatoms. The van der Waals surface area contributed by atoms with Gasteiger partial charge in [0.2, 0.25) is 0 Å². The van der Waals surface area contributed by atoms with Gasteiger partial charge in [0.15, 0.2) is 6.61 Å². The van der Waals surface area contributed by atoms with E-state index in [0.29, 0.717) is 11.4 Å². The number of anilines is 1. The average Bonchev–Trinajstić information content (AvgIpc) is 2.60. The van der Waals surface area contributed by atoms with Crippen LogP contribution in [0, 0.1) is 0 Å². The van der Waals surface area contributed by atoms with Crippen LogP contribution in [0.1, 0.15) is 5.56 Å². The Labute approximate surface area is 147 Å². The van der Waals surface area contributed by atoms with Gasteiger partial charge >= 0.3 is 0 Å². The van der Waals surface area contributed by atoms with E-state index in [4.69, 9.17) is 4.74 Å². The summed E-state index contributed by atoms with van der Waals surface area (Å²) in [6.07, 6.45) is 1.52. The summed E-state index contributed by atoms with van der Waals surface area (Å²) in [5.41, 5.74) is 1.20. The third-order valence-corrected chi connectivity index (χ3v) is 4.23. The largest absolute Gasteiger partial charge is 0.484 e. The Morgan fingerprint density at radius 2 is 1.72 bits per heavy atom. The first-order valence-electron chi connectivity index (χ1n) is 7.55. The molecule has 0 aromatic heterocycles. The van der Waals surface area contributed by atoms with Gasteiger partial charge in [0.25, 0.3) is 15.9 Å². The lowest BCUT2D eigenvalue weighted by molar-refractivity contribution is -0.130. The van der Waals surface area contributed by atoms with Gasteiger partial charge in [-0.2, -0.15) is 0 Å². The van der Waals surface area contributed by atoms with Gasteiger partial charge in [-0.1, -0.05) is 30.3 Å². The van der Waals surface area contributed by atoms with Gasteiger partial charge in [-0.25, -0.2) is 8.42 Å². The number of sulfonamides is 1. The van der Waals surface area contributed by atoms with Gasteiger partial charge in [0.05, 0.1) is 5.41 Å². The second-order valence-corrected chi connectivity index (χ2v) is 7.03. The van der Waals surface area contributed by atoms with Gasteiger partial charge < -0.3 is 9.64 Å². The molecule has 0 saturated heterocycles. The fourth-order valence-corrected chi connectivity index (χ4v) is 2.69. The number of carbonyl (C=O) groups excluding carboxylic acids is 1. The molecule has 0 aliphatic carbocycles. The number of benzene rings is 2. The molecule has 0 saturated carbocycles. The summed E-state index contributed by atoms with van der Waals surface area (Å²) >= 11 is 0. The van der Waals surface area contributed by atoms with E-state index in [1.807, 2.05) is 30.3 Å². The fraction of sp³-hybridized carbons (Fsp3) is 0.167. The minimum absolute atomic E-state index is 0.0715. The average molecular weight is 360 g/mol. The summed E-state index contributed by atoms with van der Waals surface area (Å²) in [5.74, 6) is 0.328. The molecule has 0 atom stereocenters. The molecule has 1 amide bonds. The van der Waals surface area contributed by atoms with Crippen molar-refractivity contribution in [2.75, 3.05) is 25.4 Å². The summed E-state index contributed by atoms with van der Waals surface area (Å²) < 4.78 is 31.9. The summed E-state index contributed by atoms with van der Waals surface area (Å²) in [6.45, 7) is -0.0715. The van der Waals surface area contributed by atoms with Crippen LogP contribution in [0.4, 0.5) is 5.69 Å². The molecule has 132 valence electrons. The predicted molar refractivity (Wildman–Crippen MR) is 98.6 cm³/mol. The molecule has 2 aromatic rings. The van der Waals surface area contributed by atoms with Gasteiger partial charge in [0, 0.05) is 19.8 Å². The van der Waals surface area contributed by atoms with Crippen LogP contribution in [0.5, 0.6) is 5.75 Å². The summed E-state index contributed by atoms with van der Waals surface area (Å²) in [5, 5.41) is 1.11. The molecule has 0 aliphatic rings. The van der Waals surface area contributed by atoms with Crippen LogP contribution in [0.3, 0.4) is 0 Å². The van der Waals surface area contributed by atoms with E-state index in [-0.39, 0.29) is 12.5 Å². The van der Waals surface area contributed by atoms with Crippen molar-refractivity contribution in [2.24, 2.45) is 0 Å². The van der Waals surface area contributed by atoms with Crippen molar-refractivity contribution in [1.82, 2.24) is 4.90 Å². The maximum atomic E-state index is 12.1. The fourth-order valence-electron chi connectivity index (χ4n) is 1.82. The molecule has 0 heterocycles. The lowest BCUT2D eigenvalue weighted by atomic mass is 10.2. The molecule has 2 aromatic carbocycles. The first-order chi connectivity index (χ1) is 11.9. The zero-order chi connectivity index (χ0) is 18.3. The van der Waals surface area contributed by atoms with Crippen LogP contribution in [-0.2, 0) is 14.8 Å². The van der Waals surface area contributed by atoms with Crippen molar-refractivity contribution in [3.05, 3.63) is 65.6 Å². The summed E-state index contributed by atoms with van der Waals surface area (Å²) in [6, 6.07) is 15.5. The molecule has 0 fully saturated rings. The Kier molecular flexibility index (Phi) is 6.19. The minimum Gasteiger partial charge on any atom is -0.484 e. The highest BCUT2D eigenvalue weighted by Crippen LogP contribution is 2.17. The highest BCUT2D eigenvalue weighted by atomic mass is 32.2. The highest BCUT2D eigenvalue weighted by molar-refractivity contribution is 7.95. The first kappa shape index (κ1) is 18.5. The highest BCUT2D eigenvalue weighted by Gasteiger charge is 2.07. The molecule has 0 unspecified atom stereocenters. The quantitative estimate of drug-likeness (QED) is 0.823. The maximum Gasteiger partial charge on any atom is 0.259 e. The molecule has 1 N–H and O–H groups in total. The van der Waals surface area contributed by atoms with E-state index in [1.165, 1.54) is 11.0 Å². The Morgan fingerprint density at radius 1 is 1.08 bits per heavy atom. The Morgan fingerprint density at radius 3 is 2.32 bits per heavy atom. The number of carbonyl (C=O) groups is 1. The third-order valence-electron chi connectivity index (χ3n) is 3.21. The standard InChI is InChI=1S/C18H20N2O4S/c1-20(2)18(21)14-24-17-10-8-16(9-11-17)19-25(22,23)13-12-15-6-4-3-5-7-15/h3-13,19H,14H2,1-2H3/b13-12+. The van der Waals surface area contributed by atoms with Crippen molar-refractivity contribution < 1.29 is 17.9 Å². The van der Waals surface area contributed by atoms with Crippen LogP contribution in [0.2, 0.25) is 0 Å². The lowest BCUT2D eigenvalue weighted by Gasteiger charge is -2.11. The van der Waals surface area contributed by atoms with Crippen LogP contribution >= 0.6 is 0 Å². The molecule has 6 nitrogen and oxygen atoms in total. The minimum atomic E-state index is -3.61. The van der Waals surface area contributed by atoms with E-state index < -0.39 is 10.0 Å². The Balaban J connectivity index is 1.95. The predicted octanol–water partition coefficient (Wildman–Crippen LogP) is 2.57. The van der Waals surface area contributed by atoms with E-state index in [2.05, 4.69) is 4.72 Å². The normalized spacial score (nSPS) is 11.3. The molecule has 2 rings (SSSR count). The number of likely N-dealkylation sites (N-methyl/N-ethyl adjacent to an activating group) is 1. The third kappa shape index (κ3) is 6.31. The van der Waals surface area contributed by atoms with Crippen LogP contribution in [0.25, 0.3) is 6.08 Å². The molecule has 25 heavy (non-hydrogen) atoms. The number of hydrogen-bond donors (Lipinski definition) is 1. The second kappa shape index (κ2) is 8.34. The molecular weight excluding hydrogens is 340 g/mol. The van der Waals surface area contributed by atoms with Crippen LogP contribution < -0.4 is 9.46 Å². The van der Waals surface area contributed by atoms with E-state index in [0.717, 1.165) is 11.0 Å². The van der Waals surface area contributed by atoms with Crippen molar-refractivity contribution in [3.8, 4) is 5.75 Å². The van der Waals surface area contributed by atoms with Crippen LogP contribution in [0.15, 0.2) is 60.0 Å². The van der Waals surface area contributed by atoms with E-state index in [9.17, 15) is 13.2 Å². The van der Waals surface area contributed by atoms with Crippen LogP contribution in [-0.4, -0.2) is 39.9 Å². The Bertz CT molecular complexity index is 829. The number of nitrogens with one attached hydrogen (secondary N) is 1. The van der Waals surface area contributed by atoms with Gasteiger partial charge in [-0.15, -0.1) is 0 Å². The number of nitrogens with zero attached hydrogens (tertiary/aromatic N) is 1. The summed E-state index contributed by atoms with van der Waals surface area (Å²) in [4.78, 5) is 12.9. The molecule has 0 spiro atoms. The van der Waals surface area contributed by atoms with Crippen molar-refractivity contribution >= 4 is 27.7 Å². The van der Waals surface area contributed by atoms with E-state index >= 15 is 0 Å². The monoisotopic (exact) mass is 360 g/mol. The van der Waals surface area contributed by atoms with Gasteiger partial charge in [0.1, 0.15) is 5.75 Å². The smallest absolute Gasteiger partial charge is 0.259 e. The molecule has 0 aliphatic heterocycles. The van der Waals surface area contributed by atoms with Crippen molar-refractivity contribution in [3.63, 3.8) is 0 Å². The molecular formula is C18H20N2O4S. The van der Waals surface area contributed by atoms with Crippen molar-refractivity contribution in [2.45, 2.75) is 0 Å². The van der Waals surface area contributed by atoms with Gasteiger partial charge in [-0.3, -0.25) is 9.52 Å². The summed E-state index contributed by atoms with van der Waals surface area (Å²) in [7, 11) is -0.324. The molecule has 0 radical (unpaired) electrons. The van der Waals surface area contributed by atoms with Crippen molar-refractivity contribution in [1.29, 1.82) is 0 Å². The SMILES string of the molecule is CN(C)C(=O)COc1ccc(NS(=O)(=O)/C=C/c2ccccc2)cc1. The Hall–Kier alpha value is -2.80. The zero-order valence-corrected chi connectivity index (χ0v) is 14.9. The topological polar surface area (TPSA) is 75.7 Å². The van der Waals surface area contributed by atoms with E-state index in [1.54, 1.807) is 38.4 Å². The number of ether oxygens (including phenoxy) is 1.